The molecular formula is C21H21N3O4S. The van der Waals surface area contributed by atoms with Crippen molar-refractivity contribution in [1.82, 2.24) is 8.87 Å². The minimum Gasteiger partial charge on any atom is -0.494 e. The molecule has 2 heterocycles. The lowest BCUT2D eigenvalue weighted by Crippen LogP contribution is -2.28. The van der Waals surface area contributed by atoms with Crippen molar-refractivity contribution in [2.75, 3.05) is 14.1 Å². The summed E-state index contributed by atoms with van der Waals surface area (Å²) in [7, 11) is -0.780. The first-order valence-electron chi connectivity index (χ1n) is 9.19. The maximum Gasteiger partial charge on any atom is 0.279 e. The van der Waals surface area contributed by atoms with Gasteiger partial charge in [-0.25, -0.2) is 17.7 Å². The molecule has 3 aromatic rings. The summed E-state index contributed by atoms with van der Waals surface area (Å²) >= 11 is 0. The van der Waals surface area contributed by atoms with Crippen LogP contribution in [-0.2, 0) is 21.4 Å². The molecule has 8 heteroatoms. The molecular weight excluding hydrogens is 390 g/mol. The monoisotopic (exact) mass is 411 g/mol. The lowest BCUT2D eigenvalue weighted by atomic mass is 10.0. The van der Waals surface area contributed by atoms with Crippen LogP contribution < -0.4 is 10.6 Å². The third kappa shape index (κ3) is 2.71. The quantitative estimate of drug-likeness (QED) is 0.700. The number of hydrogen-bond donors (Lipinski definition) is 1. The summed E-state index contributed by atoms with van der Waals surface area (Å²) < 4.78 is 28.0. The second-order valence-electron chi connectivity index (χ2n) is 7.17. The van der Waals surface area contributed by atoms with Gasteiger partial charge in [-0.1, -0.05) is 18.2 Å². The second kappa shape index (κ2) is 6.53. The Morgan fingerprint density at radius 3 is 2.55 bits per heavy atom. The lowest BCUT2D eigenvalue weighted by molar-refractivity contribution is -0.112. The molecule has 0 bridgehead atoms. The smallest absolute Gasteiger partial charge is 0.279 e. The zero-order chi connectivity index (χ0) is 21.1. The van der Waals surface area contributed by atoms with Crippen LogP contribution in [0.15, 0.2) is 46.3 Å². The van der Waals surface area contributed by atoms with Crippen LogP contribution in [-0.4, -0.2) is 42.4 Å². The number of para-hydroxylation sites is 1. The molecule has 0 spiro atoms. The van der Waals surface area contributed by atoms with Gasteiger partial charge in [-0.2, -0.15) is 0 Å². The van der Waals surface area contributed by atoms with Gasteiger partial charge >= 0.3 is 0 Å². The predicted molar refractivity (Wildman–Crippen MR) is 110 cm³/mol. The Hall–Kier alpha value is -2.97. The van der Waals surface area contributed by atoms with Gasteiger partial charge in [-0.05, 0) is 37.6 Å². The Kier molecular flexibility index (Phi) is 4.36. The van der Waals surface area contributed by atoms with E-state index >= 15 is 0 Å². The van der Waals surface area contributed by atoms with Gasteiger partial charge in [0.1, 0.15) is 0 Å². The Morgan fingerprint density at radius 1 is 1.17 bits per heavy atom. The molecule has 29 heavy (non-hydrogen) atoms. The van der Waals surface area contributed by atoms with E-state index in [1.165, 1.54) is 32.3 Å². The number of hydrogen-bond acceptors (Lipinski definition) is 4. The number of sulfonamides is 1. The van der Waals surface area contributed by atoms with Crippen LogP contribution in [0.2, 0.25) is 0 Å². The molecule has 0 aliphatic carbocycles. The number of aromatic nitrogens is 1. The third-order valence-electron chi connectivity index (χ3n) is 5.27. The number of nitrogens with zero attached hydrogens (tertiary/aromatic N) is 3. The van der Waals surface area contributed by atoms with Crippen molar-refractivity contribution in [3.63, 3.8) is 0 Å². The fourth-order valence-electron chi connectivity index (χ4n) is 3.84. The van der Waals surface area contributed by atoms with E-state index in [-0.39, 0.29) is 16.3 Å². The number of aromatic hydroxyl groups is 1. The molecule has 1 amide bonds. The van der Waals surface area contributed by atoms with Gasteiger partial charge in [0.05, 0.1) is 26.9 Å². The van der Waals surface area contributed by atoms with E-state index in [0.29, 0.717) is 22.7 Å². The van der Waals surface area contributed by atoms with E-state index in [4.69, 9.17) is 0 Å². The lowest BCUT2D eigenvalue weighted by Gasteiger charge is -2.11. The van der Waals surface area contributed by atoms with Crippen molar-refractivity contribution < 1.29 is 18.3 Å². The largest absolute Gasteiger partial charge is 0.494 e. The predicted octanol–water partition coefficient (Wildman–Crippen LogP) is 1.28. The SMILES string of the molecule is CCn1c(O)c(C2=c3cc(S(=O)(=O)N(C)C)ccc3=NC2=O)c2cccc(C)c21. The second-order valence-corrected chi connectivity index (χ2v) is 9.32. The maximum absolute atomic E-state index is 12.8. The molecule has 0 radical (unpaired) electrons. The maximum atomic E-state index is 12.8. The van der Waals surface area contributed by atoms with Gasteiger partial charge in [-0.3, -0.25) is 4.79 Å². The summed E-state index contributed by atoms with van der Waals surface area (Å²) in [6.07, 6.45) is 0. The van der Waals surface area contributed by atoms with E-state index in [1.54, 1.807) is 4.57 Å². The van der Waals surface area contributed by atoms with E-state index in [2.05, 4.69) is 4.99 Å². The summed E-state index contributed by atoms with van der Waals surface area (Å²) in [4.78, 5) is 17.0. The number of benzene rings is 2. The van der Waals surface area contributed by atoms with Crippen LogP contribution in [0.1, 0.15) is 18.1 Å². The average Bonchev–Trinajstić information content (AvgIpc) is 3.14. The Bertz CT molecular complexity index is 1420. The standard InChI is InChI=1S/C21H21N3O4S/c1-5-24-19-12(2)7-6-8-14(19)18(21(24)26)17-15-11-13(29(27,28)23(3)4)9-10-16(15)22-20(17)25/h6-11,26H,5H2,1-4H3. The van der Waals surface area contributed by atoms with Crippen molar-refractivity contribution in [3.8, 4) is 5.88 Å². The fraction of sp³-hybridized carbons (Fsp3) is 0.238. The van der Waals surface area contributed by atoms with Crippen LogP contribution in [0.25, 0.3) is 16.5 Å². The first-order valence-corrected chi connectivity index (χ1v) is 10.6. The molecule has 2 aromatic carbocycles. The number of fused-ring (bicyclic) bond motifs is 2. The molecule has 1 N–H and O–H groups in total. The Morgan fingerprint density at radius 2 is 1.90 bits per heavy atom. The molecule has 7 nitrogen and oxygen atoms in total. The fourth-order valence-corrected chi connectivity index (χ4v) is 4.77. The summed E-state index contributed by atoms with van der Waals surface area (Å²) in [5, 5.41) is 12.5. The zero-order valence-electron chi connectivity index (χ0n) is 16.6. The van der Waals surface area contributed by atoms with Crippen LogP contribution >= 0.6 is 0 Å². The van der Waals surface area contributed by atoms with E-state index in [1.807, 2.05) is 32.0 Å². The molecule has 0 saturated heterocycles. The highest BCUT2D eigenvalue weighted by atomic mass is 32.2. The van der Waals surface area contributed by atoms with Gasteiger partial charge < -0.3 is 9.67 Å². The van der Waals surface area contributed by atoms with Crippen molar-refractivity contribution in [3.05, 3.63) is 58.1 Å². The van der Waals surface area contributed by atoms with Gasteiger partial charge in [0.2, 0.25) is 10.0 Å². The van der Waals surface area contributed by atoms with Gasteiger partial charge in [0.25, 0.3) is 5.91 Å². The van der Waals surface area contributed by atoms with Crippen LogP contribution in [0.3, 0.4) is 0 Å². The molecule has 1 aliphatic rings. The summed E-state index contributed by atoms with van der Waals surface area (Å²) in [6.45, 7) is 4.38. The minimum absolute atomic E-state index is 0.0240. The number of rotatable bonds is 4. The molecule has 0 fully saturated rings. The van der Waals surface area contributed by atoms with Gasteiger partial charge in [-0.15, -0.1) is 0 Å². The molecule has 0 saturated carbocycles. The molecule has 1 aromatic heterocycles. The molecule has 1 aliphatic heterocycles. The Labute approximate surface area is 168 Å². The average molecular weight is 411 g/mol. The van der Waals surface area contributed by atoms with Crippen LogP contribution in [0.4, 0.5) is 0 Å². The van der Waals surface area contributed by atoms with Crippen molar-refractivity contribution in [2.24, 2.45) is 4.99 Å². The summed E-state index contributed by atoms with van der Waals surface area (Å²) in [6, 6.07) is 10.1. The highest BCUT2D eigenvalue weighted by molar-refractivity contribution is 7.89. The molecule has 150 valence electrons. The van der Waals surface area contributed by atoms with E-state index in [0.717, 1.165) is 20.8 Å². The highest BCUT2D eigenvalue weighted by Gasteiger charge is 2.28. The molecule has 4 rings (SSSR count). The normalized spacial score (nSPS) is 14.0. The van der Waals surface area contributed by atoms with E-state index < -0.39 is 15.9 Å². The molecule has 0 unspecified atom stereocenters. The Balaban J connectivity index is 2.15. The number of amides is 1. The highest BCUT2D eigenvalue weighted by Crippen LogP contribution is 2.37. The van der Waals surface area contributed by atoms with Crippen molar-refractivity contribution in [1.29, 1.82) is 0 Å². The summed E-state index contributed by atoms with van der Waals surface area (Å²) in [5.41, 5.74) is 2.42. The zero-order valence-corrected chi connectivity index (χ0v) is 17.4. The number of carbonyl (C=O) groups is 1. The van der Waals surface area contributed by atoms with Crippen LogP contribution in [0.5, 0.6) is 5.88 Å². The minimum atomic E-state index is -3.68. The topological polar surface area (TPSA) is 92.0 Å². The number of aryl methyl sites for hydroxylation is 2. The van der Waals surface area contributed by atoms with E-state index in [9.17, 15) is 18.3 Å². The van der Waals surface area contributed by atoms with Crippen molar-refractivity contribution >= 4 is 32.4 Å². The van der Waals surface area contributed by atoms with Crippen molar-refractivity contribution in [2.45, 2.75) is 25.3 Å². The summed E-state index contributed by atoms with van der Waals surface area (Å²) in [5.74, 6) is -0.518. The number of carbonyl (C=O) groups excluding carboxylic acids is 1. The van der Waals surface area contributed by atoms with Gasteiger partial charge in [0, 0.05) is 31.2 Å². The first-order chi connectivity index (χ1) is 13.7. The van der Waals surface area contributed by atoms with Gasteiger partial charge in [0.15, 0.2) is 5.88 Å². The van der Waals surface area contributed by atoms with Crippen LogP contribution in [0, 0.1) is 6.92 Å². The third-order valence-corrected chi connectivity index (χ3v) is 7.09. The molecule has 0 atom stereocenters. The first kappa shape index (κ1) is 19.4.